The zero-order valence-electron chi connectivity index (χ0n) is 10.8. The van der Waals surface area contributed by atoms with Gasteiger partial charge in [0.25, 0.3) is 0 Å². The first kappa shape index (κ1) is 15.1. The molecule has 0 spiro atoms. The highest BCUT2D eigenvalue weighted by atomic mass is 35.5. The van der Waals surface area contributed by atoms with Crippen LogP contribution in [-0.2, 0) is 6.54 Å². The number of phenols is 1. The molecule has 2 nitrogen and oxygen atoms in total. The van der Waals surface area contributed by atoms with Gasteiger partial charge < -0.3 is 10.4 Å². The Morgan fingerprint density at radius 1 is 1.25 bits per heavy atom. The average molecular weight is 314 g/mol. The smallest absolute Gasteiger partial charge is 0.138 e. The van der Waals surface area contributed by atoms with E-state index in [4.69, 9.17) is 23.2 Å². The van der Waals surface area contributed by atoms with E-state index in [2.05, 4.69) is 5.32 Å². The monoisotopic (exact) mass is 313 g/mol. The van der Waals surface area contributed by atoms with Crippen molar-refractivity contribution in [2.45, 2.75) is 19.5 Å². The minimum absolute atomic E-state index is 0.00991. The number of aromatic hydroxyl groups is 1. The fraction of sp³-hybridized carbons (Fsp3) is 0.200. The summed E-state index contributed by atoms with van der Waals surface area (Å²) in [6.45, 7) is 2.18. The Morgan fingerprint density at radius 2 is 1.95 bits per heavy atom. The van der Waals surface area contributed by atoms with Crippen LogP contribution in [-0.4, -0.2) is 5.11 Å². The SMILES string of the molecule is CC(NCc1cc(Cl)cc(Cl)c1O)c1ccccc1F. The minimum Gasteiger partial charge on any atom is -0.506 e. The lowest BCUT2D eigenvalue weighted by Crippen LogP contribution is -2.19. The van der Waals surface area contributed by atoms with Crippen molar-refractivity contribution in [3.8, 4) is 5.75 Å². The van der Waals surface area contributed by atoms with Crippen LogP contribution in [0.1, 0.15) is 24.1 Å². The molecule has 0 radical (unpaired) electrons. The van der Waals surface area contributed by atoms with Crippen LogP contribution in [0.5, 0.6) is 5.75 Å². The van der Waals surface area contributed by atoms with Gasteiger partial charge in [-0.1, -0.05) is 41.4 Å². The number of hydrogen-bond donors (Lipinski definition) is 2. The first-order valence-electron chi connectivity index (χ1n) is 6.13. The molecule has 2 N–H and O–H groups in total. The Bertz CT molecular complexity index is 619. The number of halogens is 3. The minimum atomic E-state index is -0.263. The van der Waals surface area contributed by atoms with Crippen molar-refractivity contribution in [3.05, 3.63) is 63.4 Å². The summed E-state index contributed by atoms with van der Waals surface area (Å²) in [5.74, 6) is -0.273. The second kappa shape index (κ2) is 6.44. The van der Waals surface area contributed by atoms with E-state index in [9.17, 15) is 9.50 Å². The molecular weight excluding hydrogens is 300 g/mol. The van der Waals surface area contributed by atoms with Gasteiger partial charge in [-0.25, -0.2) is 4.39 Å². The lowest BCUT2D eigenvalue weighted by molar-refractivity contribution is 0.458. The molecule has 1 unspecified atom stereocenters. The van der Waals surface area contributed by atoms with Crippen LogP contribution >= 0.6 is 23.2 Å². The highest BCUT2D eigenvalue weighted by Gasteiger charge is 2.12. The normalized spacial score (nSPS) is 12.4. The van der Waals surface area contributed by atoms with Gasteiger partial charge in [0.1, 0.15) is 11.6 Å². The highest BCUT2D eigenvalue weighted by Crippen LogP contribution is 2.31. The zero-order chi connectivity index (χ0) is 14.7. The van der Waals surface area contributed by atoms with E-state index >= 15 is 0 Å². The molecule has 0 aliphatic heterocycles. The lowest BCUT2D eigenvalue weighted by Gasteiger charge is -2.16. The molecule has 0 saturated heterocycles. The van der Waals surface area contributed by atoms with E-state index in [1.807, 2.05) is 6.92 Å². The molecule has 106 valence electrons. The van der Waals surface area contributed by atoms with Crippen molar-refractivity contribution < 1.29 is 9.50 Å². The molecule has 0 saturated carbocycles. The maximum absolute atomic E-state index is 13.6. The van der Waals surface area contributed by atoms with E-state index in [0.717, 1.165) is 0 Å². The first-order valence-corrected chi connectivity index (χ1v) is 6.89. The first-order chi connectivity index (χ1) is 9.49. The fourth-order valence-electron chi connectivity index (χ4n) is 1.95. The Hall–Kier alpha value is -1.29. The predicted octanol–water partition coefficient (Wildman–Crippen LogP) is 4.69. The third-order valence-electron chi connectivity index (χ3n) is 3.08. The summed E-state index contributed by atoms with van der Waals surface area (Å²) in [6, 6.07) is 9.47. The van der Waals surface area contributed by atoms with Crippen LogP contribution in [0.2, 0.25) is 10.0 Å². The van der Waals surface area contributed by atoms with E-state index in [1.165, 1.54) is 12.1 Å². The number of nitrogens with one attached hydrogen (secondary N) is 1. The Morgan fingerprint density at radius 3 is 2.65 bits per heavy atom. The van der Waals surface area contributed by atoms with Crippen molar-refractivity contribution in [2.75, 3.05) is 0 Å². The van der Waals surface area contributed by atoms with Gasteiger partial charge in [-0.05, 0) is 25.1 Å². The van der Waals surface area contributed by atoms with Gasteiger partial charge in [0.2, 0.25) is 0 Å². The second-order valence-corrected chi connectivity index (χ2v) is 5.36. The van der Waals surface area contributed by atoms with E-state index in [1.54, 1.807) is 24.3 Å². The molecule has 0 aliphatic carbocycles. The third kappa shape index (κ3) is 3.42. The van der Waals surface area contributed by atoms with Gasteiger partial charge in [-0.15, -0.1) is 0 Å². The molecule has 20 heavy (non-hydrogen) atoms. The van der Waals surface area contributed by atoms with Gasteiger partial charge >= 0.3 is 0 Å². The predicted molar refractivity (Wildman–Crippen MR) is 79.8 cm³/mol. The van der Waals surface area contributed by atoms with Crippen LogP contribution < -0.4 is 5.32 Å². The summed E-state index contributed by atoms with van der Waals surface area (Å²) in [5, 5.41) is 13.6. The number of rotatable bonds is 4. The van der Waals surface area contributed by atoms with Gasteiger partial charge in [-0.3, -0.25) is 0 Å². The highest BCUT2D eigenvalue weighted by molar-refractivity contribution is 6.35. The Labute approximate surface area is 127 Å². The second-order valence-electron chi connectivity index (χ2n) is 4.52. The molecule has 0 heterocycles. The molecule has 5 heteroatoms. The largest absolute Gasteiger partial charge is 0.506 e. The van der Waals surface area contributed by atoms with Crippen molar-refractivity contribution in [3.63, 3.8) is 0 Å². The Balaban J connectivity index is 2.11. The molecule has 0 aliphatic rings. The molecule has 0 fully saturated rings. The summed E-state index contributed by atoms with van der Waals surface area (Å²) >= 11 is 11.8. The molecule has 2 rings (SSSR count). The average Bonchev–Trinajstić information content (AvgIpc) is 2.41. The fourth-order valence-corrected chi connectivity index (χ4v) is 2.49. The molecule has 1 atom stereocenters. The van der Waals surface area contributed by atoms with E-state index < -0.39 is 0 Å². The lowest BCUT2D eigenvalue weighted by atomic mass is 10.1. The molecule has 2 aromatic rings. The molecular formula is C15H14Cl2FNO. The summed E-state index contributed by atoms with van der Waals surface area (Å²) in [5.41, 5.74) is 1.14. The molecule has 0 aromatic heterocycles. The maximum Gasteiger partial charge on any atom is 0.138 e. The molecule has 0 bridgehead atoms. The van der Waals surface area contributed by atoms with Gasteiger partial charge in [0, 0.05) is 28.7 Å². The molecule has 2 aromatic carbocycles. The Kier molecular flexibility index (Phi) is 4.86. The topological polar surface area (TPSA) is 32.3 Å². The van der Waals surface area contributed by atoms with Gasteiger partial charge in [0.05, 0.1) is 5.02 Å². The molecule has 0 amide bonds. The number of benzene rings is 2. The van der Waals surface area contributed by atoms with Crippen molar-refractivity contribution >= 4 is 23.2 Å². The van der Waals surface area contributed by atoms with Crippen molar-refractivity contribution in [1.29, 1.82) is 0 Å². The maximum atomic E-state index is 13.6. The van der Waals surface area contributed by atoms with Gasteiger partial charge in [-0.2, -0.15) is 0 Å². The summed E-state index contributed by atoms with van der Waals surface area (Å²) in [4.78, 5) is 0. The summed E-state index contributed by atoms with van der Waals surface area (Å²) < 4.78 is 13.6. The summed E-state index contributed by atoms with van der Waals surface area (Å²) in [6.07, 6.45) is 0. The standard InChI is InChI=1S/C15H14Cl2FNO/c1-9(12-4-2-3-5-14(12)18)19-8-10-6-11(16)7-13(17)15(10)20/h2-7,9,19-20H,8H2,1H3. The number of phenolic OH excluding ortho intramolecular Hbond substituents is 1. The van der Waals surface area contributed by atoms with Crippen LogP contribution in [0.15, 0.2) is 36.4 Å². The summed E-state index contributed by atoms with van der Waals surface area (Å²) in [7, 11) is 0. The van der Waals surface area contributed by atoms with Crippen LogP contribution in [0.3, 0.4) is 0 Å². The van der Waals surface area contributed by atoms with Crippen LogP contribution in [0.25, 0.3) is 0 Å². The van der Waals surface area contributed by atoms with Crippen molar-refractivity contribution in [2.24, 2.45) is 0 Å². The van der Waals surface area contributed by atoms with Crippen LogP contribution in [0.4, 0.5) is 4.39 Å². The third-order valence-corrected chi connectivity index (χ3v) is 3.58. The van der Waals surface area contributed by atoms with Crippen LogP contribution in [0, 0.1) is 5.82 Å². The zero-order valence-corrected chi connectivity index (χ0v) is 12.3. The van der Waals surface area contributed by atoms with E-state index in [0.29, 0.717) is 22.7 Å². The number of hydrogen-bond acceptors (Lipinski definition) is 2. The van der Waals surface area contributed by atoms with E-state index in [-0.39, 0.29) is 22.6 Å². The van der Waals surface area contributed by atoms with Crippen molar-refractivity contribution in [1.82, 2.24) is 5.32 Å². The van der Waals surface area contributed by atoms with Gasteiger partial charge in [0.15, 0.2) is 0 Å². The quantitative estimate of drug-likeness (QED) is 0.858.